The molecule has 0 spiro atoms. The largest absolute Gasteiger partial charge is 0.449 e. The molecule has 2 fully saturated rings. The molecule has 530 valence electrons. The lowest BCUT2D eigenvalue weighted by Crippen LogP contribution is -2.65. The number of allylic oxidation sites excluding steroid dienone is 2. The molecule has 14 atom stereocenters. The number of carbonyl (C=O) groups excluding carboxylic acids is 12. The molecule has 0 aromatic heterocycles. The molecule has 2 aliphatic rings. The number of amides is 12. The van der Waals surface area contributed by atoms with E-state index in [2.05, 4.69) is 16.0 Å². The van der Waals surface area contributed by atoms with Gasteiger partial charge < -0.3 is 74.6 Å². The van der Waals surface area contributed by atoms with Gasteiger partial charge in [0.2, 0.25) is 65.0 Å². The molecule has 2 saturated heterocycles. The summed E-state index contributed by atoms with van der Waals surface area (Å²) in [5.41, 5.74) is 0. The number of nitrogens with one attached hydrogen (secondary N) is 3. The highest BCUT2D eigenvalue weighted by molar-refractivity contribution is 6.00. The number of carbonyl (C=O) groups is 12. The second-order valence-corrected chi connectivity index (χ2v) is 27.3. The molecule has 27 nitrogen and oxygen atoms in total. The first kappa shape index (κ1) is 82.2. The third-order valence-corrected chi connectivity index (χ3v) is 17.9. The Balaban J connectivity index is 3.13. The minimum absolute atomic E-state index is 0.0306. The molecule has 2 heterocycles. The molecule has 93 heavy (non-hydrogen) atoms. The van der Waals surface area contributed by atoms with Gasteiger partial charge >= 0.3 is 6.09 Å². The number of hydrogen-bond donors (Lipinski definition) is 4. The quantitative estimate of drug-likeness (QED) is 0.113. The van der Waals surface area contributed by atoms with Crippen molar-refractivity contribution in [1.82, 2.24) is 60.0 Å². The van der Waals surface area contributed by atoms with Crippen LogP contribution >= 0.6 is 0 Å². The van der Waals surface area contributed by atoms with E-state index < -0.39 is 174 Å². The van der Waals surface area contributed by atoms with E-state index in [1.165, 1.54) is 92.6 Å². The van der Waals surface area contributed by atoms with Crippen molar-refractivity contribution in [3.63, 3.8) is 0 Å². The fourth-order valence-corrected chi connectivity index (χ4v) is 12.0. The lowest BCUT2D eigenvalue weighted by atomic mass is 9.91. The van der Waals surface area contributed by atoms with Gasteiger partial charge in [-0.1, -0.05) is 81.4 Å². The van der Waals surface area contributed by atoms with Crippen LogP contribution in [0.1, 0.15) is 149 Å². The minimum Gasteiger partial charge on any atom is -0.449 e. The summed E-state index contributed by atoms with van der Waals surface area (Å²) in [7, 11) is 12.8. The van der Waals surface area contributed by atoms with Crippen LogP contribution in [0, 0.1) is 29.6 Å². The van der Waals surface area contributed by atoms with Crippen LogP contribution in [0.5, 0.6) is 0 Å². The van der Waals surface area contributed by atoms with Crippen molar-refractivity contribution in [3.05, 3.63) is 12.2 Å². The van der Waals surface area contributed by atoms with Crippen molar-refractivity contribution in [2.45, 2.75) is 227 Å². The molecule has 2 bridgehead atoms. The topological polar surface area (TPSA) is 309 Å². The van der Waals surface area contributed by atoms with Crippen LogP contribution in [0.15, 0.2) is 12.2 Å². The van der Waals surface area contributed by atoms with Crippen LogP contribution in [0.25, 0.3) is 0 Å². The van der Waals surface area contributed by atoms with Crippen molar-refractivity contribution in [2.24, 2.45) is 29.6 Å². The molecule has 0 aliphatic carbocycles. The average molecular weight is 1320 g/mol. The Morgan fingerprint density at radius 1 is 0.602 bits per heavy atom. The summed E-state index contributed by atoms with van der Waals surface area (Å²) in [6.45, 7) is 24.9. The number of rotatable bonds is 18. The van der Waals surface area contributed by atoms with Gasteiger partial charge in [-0.3, -0.25) is 52.7 Å². The zero-order chi connectivity index (χ0) is 71.5. The van der Waals surface area contributed by atoms with E-state index in [0.29, 0.717) is 12.8 Å². The number of ether oxygens (including phenoxy) is 2. The van der Waals surface area contributed by atoms with Gasteiger partial charge in [-0.25, -0.2) is 4.79 Å². The zero-order valence-corrected chi connectivity index (χ0v) is 60.3. The predicted molar refractivity (Wildman–Crippen MR) is 352 cm³/mol. The number of aliphatic hydroxyl groups excluding tert-OH is 1. The maximum Gasteiger partial charge on any atom is 0.409 e. The van der Waals surface area contributed by atoms with Crippen LogP contribution in [0.4, 0.5) is 4.79 Å². The number of likely N-dealkylation sites (N-methyl/N-ethyl adjacent to an activating group) is 7. The van der Waals surface area contributed by atoms with Gasteiger partial charge in [-0.2, -0.15) is 0 Å². The normalized spacial score (nSPS) is 27.1. The first-order valence-electron chi connectivity index (χ1n) is 33.0. The third kappa shape index (κ3) is 21.8. The molecular formula is C66H116N12O15. The Bertz CT molecular complexity index is 2620. The van der Waals surface area contributed by atoms with E-state index >= 15 is 14.4 Å². The molecule has 0 saturated carbocycles. The van der Waals surface area contributed by atoms with E-state index in [1.807, 2.05) is 27.7 Å². The maximum absolute atomic E-state index is 15.6. The third-order valence-electron chi connectivity index (χ3n) is 17.9. The number of unbranched alkanes of at least 4 members (excludes halogenated alkanes) is 1. The Labute approximate surface area is 553 Å². The van der Waals surface area contributed by atoms with Crippen LogP contribution in [0.3, 0.4) is 0 Å². The molecule has 27 heteroatoms. The summed E-state index contributed by atoms with van der Waals surface area (Å²) in [6, 6.07) is -14.6. The van der Waals surface area contributed by atoms with Crippen molar-refractivity contribution >= 4 is 71.1 Å². The van der Waals surface area contributed by atoms with Gasteiger partial charge in [0.15, 0.2) is 0 Å². The average Bonchev–Trinajstić information content (AvgIpc) is 0.803. The predicted octanol–water partition coefficient (Wildman–Crippen LogP) is 2.56. The number of fused-ring (bicyclic) bond motifs is 3. The maximum atomic E-state index is 15.6. The van der Waals surface area contributed by atoms with Crippen molar-refractivity contribution in [1.29, 1.82) is 0 Å². The second kappa shape index (κ2) is 37.3. The van der Waals surface area contributed by atoms with Crippen LogP contribution in [0.2, 0.25) is 0 Å². The molecule has 0 aromatic rings. The molecule has 12 amide bonds. The molecule has 0 radical (unpaired) electrons. The minimum atomic E-state index is -1.68. The van der Waals surface area contributed by atoms with E-state index in [4.69, 9.17) is 9.47 Å². The summed E-state index contributed by atoms with van der Waals surface area (Å²) in [4.78, 5) is 187. The van der Waals surface area contributed by atoms with E-state index in [9.17, 15) is 48.3 Å². The molecule has 2 rings (SSSR count). The Hall–Kier alpha value is -6.90. The standard InChI is InChI=1S/C66H116N12O15/c1-25-27-30-41(11)55(80)54-58(83)68-46(26-2)61(86)71(18)36-50(79)75(22)53(45(15)92-31-28-29-32-93-66(91)70(16)17)57(82)69-51(39(7)8)64(89)72(19)47(33-37(3)4)56(81)67-43(13)59(84)78-42(12)35-49(63(88)76(23)52(40(9)10)65(90)77(54)24)74(21)62(87)48(34-38(5)6)73(20)60(85)44(78)14/h25,27,37-49,51-55,80H,26,28-36H2,1-24H3,(H,67,81)(H,68,83)(H,69,82)/b27-25+/t41-,42?,43+,44-,45-,46+,47+,48+,49+,51+,52+,53+,54-,55-/m1/s1. The first-order chi connectivity index (χ1) is 43.1. The lowest BCUT2D eigenvalue weighted by molar-refractivity contribution is -0.161. The van der Waals surface area contributed by atoms with Crippen LogP contribution < -0.4 is 16.0 Å². The van der Waals surface area contributed by atoms with Gasteiger partial charge in [-0.05, 0) is 109 Å². The summed E-state index contributed by atoms with van der Waals surface area (Å²) >= 11 is 0. The highest BCUT2D eigenvalue weighted by atomic mass is 16.6. The molecular weight excluding hydrogens is 1200 g/mol. The smallest absolute Gasteiger partial charge is 0.409 e. The summed E-state index contributed by atoms with van der Waals surface area (Å²) in [5, 5.41) is 20.6. The van der Waals surface area contributed by atoms with E-state index in [1.54, 1.807) is 88.6 Å². The Morgan fingerprint density at radius 2 is 1.14 bits per heavy atom. The van der Waals surface area contributed by atoms with Gasteiger partial charge in [0.25, 0.3) is 0 Å². The van der Waals surface area contributed by atoms with Gasteiger partial charge in [0.05, 0.1) is 25.4 Å². The van der Waals surface area contributed by atoms with E-state index in [0.717, 1.165) is 14.7 Å². The Morgan fingerprint density at radius 3 is 1.67 bits per heavy atom. The summed E-state index contributed by atoms with van der Waals surface area (Å²) in [5.74, 6) is -10.4. The first-order valence-corrected chi connectivity index (χ1v) is 33.0. The van der Waals surface area contributed by atoms with Crippen molar-refractivity contribution in [2.75, 3.05) is 83.2 Å². The molecule has 1 unspecified atom stereocenters. The lowest BCUT2D eigenvalue weighted by Gasteiger charge is -2.45. The molecule has 0 aromatic carbocycles. The fourth-order valence-electron chi connectivity index (χ4n) is 12.0. The monoisotopic (exact) mass is 1320 g/mol. The zero-order valence-electron chi connectivity index (χ0n) is 60.3. The van der Waals surface area contributed by atoms with Crippen LogP contribution in [-0.2, 0) is 62.2 Å². The number of aliphatic hydroxyl groups is 1. The molecule has 2 aliphatic heterocycles. The SMILES string of the molecule is C/C=C/C[C@@H](C)[C@@H](O)[C@@H]1C(=O)N[C@@H](CC)C(=O)N(C)CC(=O)N(C)[C@@H]([C@@H](C)OCCCCOC(=O)N(C)C)C(=O)N[C@@H](C(C)C)C(=O)N(C)[C@@H](CC(C)C)C(=O)N[C@@H](C)C(=O)N2C(C)C[C@@H](C(=O)N(C)[C@@H](C(C)C)C(=O)N1C)N(C)C(=O)[C@H](CC(C)C)N(C)C(=O)[C@H]2C. The van der Waals surface area contributed by atoms with E-state index in [-0.39, 0.29) is 57.2 Å². The second-order valence-electron chi connectivity index (χ2n) is 27.3. The number of hydrogen-bond acceptors (Lipinski definition) is 15. The van der Waals surface area contributed by atoms with Gasteiger partial charge in [0, 0.05) is 76.1 Å². The highest BCUT2D eigenvalue weighted by Crippen LogP contribution is 2.28. The highest BCUT2D eigenvalue weighted by Gasteiger charge is 2.48. The summed E-state index contributed by atoms with van der Waals surface area (Å²) in [6.07, 6.45) is 1.37. The van der Waals surface area contributed by atoms with Gasteiger partial charge in [0.1, 0.15) is 60.4 Å². The summed E-state index contributed by atoms with van der Waals surface area (Å²) < 4.78 is 11.4. The van der Waals surface area contributed by atoms with Gasteiger partial charge in [-0.15, -0.1) is 0 Å². The van der Waals surface area contributed by atoms with Crippen molar-refractivity contribution < 1.29 is 72.1 Å². The van der Waals surface area contributed by atoms with Crippen LogP contribution in [-0.4, -0.2) is 282 Å². The van der Waals surface area contributed by atoms with Crippen molar-refractivity contribution in [3.8, 4) is 0 Å². The fraction of sp³-hybridized carbons (Fsp3) is 0.788. The number of nitrogens with zero attached hydrogens (tertiary/aromatic N) is 9. The Kier molecular flexibility index (Phi) is 32.9. The molecule has 4 N–H and O–H groups in total.